The summed E-state index contributed by atoms with van der Waals surface area (Å²) in [4.78, 5) is 15.1. The Bertz CT molecular complexity index is 338. The minimum Gasteiger partial charge on any atom is -0.368 e. The van der Waals surface area contributed by atoms with E-state index in [2.05, 4.69) is 4.98 Å². The first-order chi connectivity index (χ1) is 5.77. The third-order valence-corrected chi connectivity index (χ3v) is 1.89. The van der Waals surface area contributed by atoms with Gasteiger partial charge in [-0.1, -0.05) is 11.6 Å². The van der Waals surface area contributed by atoms with Crippen molar-refractivity contribution >= 4 is 17.4 Å². The summed E-state index contributed by atoms with van der Waals surface area (Å²) in [5, 5.41) is 0.534. The van der Waals surface area contributed by atoms with Crippen LogP contribution in [0.4, 0.5) is 0 Å². The predicted molar refractivity (Wildman–Crippen MR) is 43.2 cm³/mol. The fraction of sp³-hybridized carbons (Fsp3) is 0.250. The molecule has 0 spiro atoms. The van der Waals surface area contributed by atoms with Crippen molar-refractivity contribution in [1.29, 1.82) is 0 Å². The summed E-state index contributed by atoms with van der Waals surface area (Å²) in [5.74, 6) is -0.0760. The lowest BCUT2D eigenvalue weighted by Crippen LogP contribution is -2.19. The van der Waals surface area contributed by atoms with Gasteiger partial charge in [0, 0.05) is 11.8 Å². The van der Waals surface area contributed by atoms with Crippen molar-refractivity contribution < 1.29 is 9.53 Å². The van der Waals surface area contributed by atoms with Crippen molar-refractivity contribution in [1.82, 2.24) is 4.98 Å². The molecule has 0 saturated carbocycles. The van der Waals surface area contributed by atoms with Crippen molar-refractivity contribution in [2.75, 3.05) is 6.61 Å². The molecule has 3 nitrogen and oxygen atoms in total. The van der Waals surface area contributed by atoms with E-state index in [0.717, 1.165) is 5.56 Å². The molecule has 62 valence electrons. The molecule has 0 unspecified atom stereocenters. The maximum Gasteiger partial charge on any atom is 0.207 e. The summed E-state index contributed by atoms with van der Waals surface area (Å²) < 4.78 is 5.02. The molecule has 2 rings (SSSR count). The molecule has 0 saturated heterocycles. The van der Waals surface area contributed by atoms with Gasteiger partial charge in [-0.3, -0.25) is 9.78 Å². The van der Waals surface area contributed by atoms with Gasteiger partial charge in [-0.2, -0.15) is 0 Å². The Hall–Kier alpha value is -0.930. The highest BCUT2D eigenvalue weighted by Gasteiger charge is 2.18. The van der Waals surface area contributed by atoms with Crippen LogP contribution in [0.2, 0.25) is 5.02 Å². The van der Waals surface area contributed by atoms with Crippen molar-refractivity contribution in [3.63, 3.8) is 0 Å². The van der Waals surface area contributed by atoms with Gasteiger partial charge in [0.05, 0.1) is 11.6 Å². The molecular formula is C8H6ClNO2. The van der Waals surface area contributed by atoms with Gasteiger partial charge in [-0.15, -0.1) is 0 Å². The number of carbonyl (C=O) groups excluding carboxylic acids is 1. The number of halogens is 1. The lowest BCUT2D eigenvalue weighted by Gasteiger charge is -2.13. The number of ketones is 1. The number of hydrogen-bond acceptors (Lipinski definition) is 3. The summed E-state index contributed by atoms with van der Waals surface area (Å²) in [6.45, 7) is 0.552. The highest BCUT2D eigenvalue weighted by atomic mass is 35.5. The number of aromatic nitrogens is 1. The van der Waals surface area contributed by atoms with Gasteiger partial charge in [-0.25, -0.2) is 0 Å². The molecule has 0 aromatic carbocycles. The van der Waals surface area contributed by atoms with Crippen molar-refractivity contribution in [2.24, 2.45) is 0 Å². The Labute approximate surface area is 74.3 Å². The highest BCUT2D eigenvalue weighted by Crippen LogP contribution is 2.18. The monoisotopic (exact) mass is 183 g/mol. The minimum absolute atomic E-state index is 0.0760. The number of pyridine rings is 1. The van der Waals surface area contributed by atoms with E-state index < -0.39 is 0 Å². The van der Waals surface area contributed by atoms with E-state index in [1.54, 1.807) is 6.07 Å². The number of fused-ring (bicyclic) bond motifs is 1. The van der Waals surface area contributed by atoms with Crippen LogP contribution in [0.15, 0.2) is 12.3 Å². The topological polar surface area (TPSA) is 39.2 Å². The van der Waals surface area contributed by atoms with Gasteiger partial charge in [0.15, 0.2) is 0 Å². The summed E-state index contributed by atoms with van der Waals surface area (Å²) in [5.41, 5.74) is 1.27. The van der Waals surface area contributed by atoms with Gasteiger partial charge >= 0.3 is 0 Å². The maximum atomic E-state index is 11.2. The molecule has 0 N–H and O–H groups in total. The molecule has 1 aliphatic rings. The van der Waals surface area contributed by atoms with E-state index in [1.807, 2.05) is 0 Å². The van der Waals surface area contributed by atoms with Crippen LogP contribution in [-0.2, 0) is 11.3 Å². The summed E-state index contributed by atoms with van der Waals surface area (Å²) in [7, 11) is 0. The van der Waals surface area contributed by atoms with Crippen LogP contribution in [-0.4, -0.2) is 17.4 Å². The molecule has 0 aliphatic carbocycles. The second-order valence-corrected chi connectivity index (χ2v) is 3.01. The van der Waals surface area contributed by atoms with E-state index >= 15 is 0 Å². The first kappa shape index (κ1) is 7.71. The number of rotatable bonds is 0. The molecule has 4 heteroatoms. The Morgan fingerprint density at radius 3 is 3.17 bits per heavy atom. The molecular weight excluding hydrogens is 178 g/mol. The predicted octanol–water partition coefficient (Wildman–Crippen LogP) is 1.45. The van der Waals surface area contributed by atoms with E-state index in [4.69, 9.17) is 16.3 Å². The van der Waals surface area contributed by atoms with Crippen LogP contribution in [0.5, 0.6) is 0 Å². The number of Topliss-reactive ketones (excluding diaryl/α,β-unsaturated/α-hetero) is 1. The fourth-order valence-corrected chi connectivity index (χ4v) is 1.34. The number of nitrogens with zero attached hydrogens (tertiary/aromatic N) is 1. The van der Waals surface area contributed by atoms with Crippen LogP contribution < -0.4 is 0 Å². The quantitative estimate of drug-likeness (QED) is 0.611. The van der Waals surface area contributed by atoms with E-state index in [-0.39, 0.29) is 12.4 Å². The molecule has 0 bridgehead atoms. The fourth-order valence-electron chi connectivity index (χ4n) is 1.16. The highest BCUT2D eigenvalue weighted by molar-refractivity contribution is 6.30. The van der Waals surface area contributed by atoms with E-state index in [9.17, 15) is 4.79 Å². The van der Waals surface area contributed by atoms with Crippen LogP contribution >= 0.6 is 11.6 Å². The zero-order valence-corrected chi connectivity index (χ0v) is 6.97. The summed E-state index contributed by atoms with van der Waals surface area (Å²) >= 11 is 5.70. The molecule has 1 aliphatic heterocycles. The van der Waals surface area contributed by atoms with Gasteiger partial charge < -0.3 is 4.74 Å². The second kappa shape index (κ2) is 2.84. The first-order valence-electron chi connectivity index (χ1n) is 3.53. The van der Waals surface area contributed by atoms with Crippen molar-refractivity contribution in [3.05, 3.63) is 28.5 Å². The second-order valence-electron chi connectivity index (χ2n) is 2.58. The minimum atomic E-state index is -0.0760. The molecule has 0 amide bonds. The van der Waals surface area contributed by atoms with Gasteiger partial charge in [0.2, 0.25) is 5.78 Å². The van der Waals surface area contributed by atoms with Crippen LogP contribution in [0.25, 0.3) is 0 Å². The standard InChI is InChI=1S/C8H6ClNO2/c9-6-1-5-3-12-4-7(11)8(5)10-2-6/h1-2H,3-4H2. The normalized spacial score (nSPS) is 15.9. The molecule has 0 fully saturated rings. The van der Waals surface area contributed by atoms with Gasteiger partial charge in [-0.05, 0) is 6.07 Å². The zero-order chi connectivity index (χ0) is 8.55. The molecule has 0 radical (unpaired) electrons. The van der Waals surface area contributed by atoms with Crippen LogP contribution in [0.1, 0.15) is 16.1 Å². The van der Waals surface area contributed by atoms with Crippen LogP contribution in [0, 0.1) is 0 Å². The smallest absolute Gasteiger partial charge is 0.207 e. The Kier molecular flexibility index (Phi) is 1.83. The average molecular weight is 184 g/mol. The Morgan fingerprint density at radius 1 is 1.50 bits per heavy atom. The lowest BCUT2D eigenvalue weighted by molar-refractivity contribution is 0.0657. The van der Waals surface area contributed by atoms with E-state index in [0.29, 0.717) is 17.3 Å². The lowest BCUT2D eigenvalue weighted by atomic mass is 10.1. The largest absolute Gasteiger partial charge is 0.368 e. The number of hydrogen-bond donors (Lipinski definition) is 0. The van der Waals surface area contributed by atoms with Crippen molar-refractivity contribution in [3.8, 4) is 0 Å². The van der Waals surface area contributed by atoms with Gasteiger partial charge in [0.1, 0.15) is 12.3 Å². The number of carbonyl (C=O) groups is 1. The zero-order valence-electron chi connectivity index (χ0n) is 6.21. The van der Waals surface area contributed by atoms with Crippen molar-refractivity contribution in [2.45, 2.75) is 6.61 Å². The SMILES string of the molecule is O=C1COCc2cc(Cl)cnc21. The Morgan fingerprint density at radius 2 is 2.33 bits per heavy atom. The van der Waals surface area contributed by atoms with Gasteiger partial charge in [0.25, 0.3) is 0 Å². The average Bonchev–Trinajstić information content (AvgIpc) is 2.04. The maximum absolute atomic E-state index is 11.2. The molecule has 2 heterocycles. The molecule has 1 aromatic rings. The van der Waals surface area contributed by atoms with Crippen LogP contribution in [0.3, 0.4) is 0 Å². The molecule has 1 aromatic heterocycles. The molecule has 12 heavy (non-hydrogen) atoms. The number of ether oxygens (including phenoxy) is 1. The third-order valence-electron chi connectivity index (χ3n) is 1.69. The van der Waals surface area contributed by atoms with E-state index in [1.165, 1.54) is 6.20 Å². The first-order valence-corrected chi connectivity index (χ1v) is 3.90. The summed E-state index contributed by atoms with van der Waals surface area (Å²) in [6, 6.07) is 1.71. The summed E-state index contributed by atoms with van der Waals surface area (Å²) in [6.07, 6.45) is 1.48. The molecule has 0 atom stereocenters. The third kappa shape index (κ3) is 1.21. The Balaban J connectivity index is 2.53.